The molecule has 5 rings (SSSR count). The monoisotopic (exact) mass is 448 g/mol. The molecule has 31 heavy (non-hydrogen) atoms. The van der Waals surface area contributed by atoms with Gasteiger partial charge in [0.05, 0.1) is 26.6 Å². The second kappa shape index (κ2) is 8.86. The van der Waals surface area contributed by atoms with Crippen LogP contribution >= 0.6 is 22.7 Å². The number of carbonyl (C=O) groups excluding carboxylic acids is 1. The van der Waals surface area contributed by atoms with E-state index in [0.717, 1.165) is 41.7 Å². The van der Waals surface area contributed by atoms with E-state index in [-0.39, 0.29) is 5.91 Å². The molecule has 1 saturated heterocycles. The van der Waals surface area contributed by atoms with Gasteiger partial charge in [-0.25, -0.2) is 9.97 Å². The topological polar surface area (TPSA) is 49.3 Å². The van der Waals surface area contributed by atoms with Crippen LogP contribution in [0.15, 0.2) is 60.0 Å². The molecule has 0 radical (unpaired) electrons. The predicted molar refractivity (Wildman–Crippen MR) is 128 cm³/mol. The number of fused-ring (bicyclic) bond motifs is 1. The average molecular weight is 449 g/mol. The molecule has 0 aliphatic carbocycles. The predicted octanol–water partition coefficient (Wildman–Crippen LogP) is 5.82. The number of hydrogen-bond acceptors (Lipinski definition) is 6. The van der Waals surface area contributed by atoms with Gasteiger partial charge in [0.1, 0.15) is 0 Å². The van der Waals surface area contributed by atoms with E-state index in [4.69, 9.17) is 9.97 Å². The van der Waals surface area contributed by atoms with E-state index in [0.29, 0.717) is 5.92 Å². The van der Waals surface area contributed by atoms with Crippen molar-refractivity contribution in [3.63, 3.8) is 0 Å². The third-order valence-corrected chi connectivity index (χ3v) is 7.68. The van der Waals surface area contributed by atoms with Crippen LogP contribution in [0.25, 0.3) is 10.2 Å². The average Bonchev–Trinajstić information content (AvgIpc) is 3.42. The normalized spacial score (nSPS) is 17.1. The lowest BCUT2D eigenvalue weighted by atomic mass is 9.98. The Bertz CT molecular complexity index is 1150. The van der Waals surface area contributed by atoms with Crippen molar-refractivity contribution in [1.29, 1.82) is 0 Å². The molecule has 1 fully saturated rings. The number of hydrogen-bond donors (Lipinski definition) is 0. The largest absolute Gasteiger partial charge is 0.297 e. The zero-order valence-electron chi connectivity index (χ0n) is 17.4. The first-order chi connectivity index (χ1) is 15.2. The summed E-state index contributed by atoms with van der Waals surface area (Å²) in [6.45, 7) is 4.46. The Morgan fingerprint density at radius 3 is 2.74 bits per heavy atom. The van der Waals surface area contributed by atoms with Crippen molar-refractivity contribution in [3.05, 3.63) is 70.7 Å². The standard InChI is InChI=1S/C24H24N4OS2/c1-17(29)28(20-9-3-2-4-10-20)24-25-19(16-30-24)15-27-13-7-8-18(14-27)23-26-21-11-5-6-12-22(21)31-23/h2-6,9-12,16,18H,7-8,13-15H2,1H3/t18-/m1/s1. The van der Waals surface area contributed by atoms with E-state index in [2.05, 4.69) is 34.5 Å². The van der Waals surface area contributed by atoms with Crippen LogP contribution in [0, 0.1) is 0 Å². The molecule has 3 heterocycles. The fraction of sp³-hybridized carbons (Fsp3) is 0.292. The minimum Gasteiger partial charge on any atom is -0.297 e. The first kappa shape index (κ1) is 20.3. The van der Waals surface area contributed by atoms with E-state index in [1.807, 2.05) is 41.7 Å². The molecule has 1 amide bonds. The summed E-state index contributed by atoms with van der Waals surface area (Å²) in [5.41, 5.74) is 2.98. The molecule has 7 heteroatoms. The smallest absolute Gasteiger partial charge is 0.230 e. The molecule has 1 aliphatic rings. The fourth-order valence-electron chi connectivity index (χ4n) is 4.17. The lowest BCUT2D eigenvalue weighted by Gasteiger charge is -2.31. The number of carbonyl (C=O) groups is 1. The zero-order chi connectivity index (χ0) is 21.2. The van der Waals surface area contributed by atoms with Gasteiger partial charge in [0.2, 0.25) is 5.91 Å². The van der Waals surface area contributed by atoms with Crippen LogP contribution in [0.2, 0.25) is 0 Å². The van der Waals surface area contributed by atoms with Gasteiger partial charge in [-0.2, -0.15) is 0 Å². The molecule has 2 aromatic carbocycles. The van der Waals surface area contributed by atoms with E-state index in [1.54, 1.807) is 11.8 Å². The fourth-order valence-corrected chi connectivity index (χ4v) is 6.14. The second-order valence-corrected chi connectivity index (χ2v) is 9.80. The number of benzene rings is 2. The molecular weight excluding hydrogens is 424 g/mol. The number of aromatic nitrogens is 2. The van der Waals surface area contributed by atoms with Crippen molar-refractivity contribution in [2.45, 2.75) is 32.2 Å². The number of para-hydroxylation sites is 2. The summed E-state index contributed by atoms with van der Waals surface area (Å²) in [4.78, 5) is 26.2. The Balaban J connectivity index is 1.30. The summed E-state index contributed by atoms with van der Waals surface area (Å²) in [5, 5.41) is 4.06. The van der Waals surface area contributed by atoms with Crippen LogP contribution < -0.4 is 4.90 Å². The molecule has 0 N–H and O–H groups in total. The SMILES string of the molecule is CC(=O)N(c1ccccc1)c1nc(CN2CCC[C@@H](c3nc4ccccc4s3)C2)cs1. The quantitative estimate of drug-likeness (QED) is 0.386. The first-order valence-electron chi connectivity index (χ1n) is 10.6. The highest BCUT2D eigenvalue weighted by atomic mass is 32.1. The molecule has 0 saturated carbocycles. The van der Waals surface area contributed by atoms with Crippen LogP contribution in [0.3, 0.4) is 0 Å². The molecule has 0 spiro atoms. The summed E-state index contributed by atoms with van der Waals surface area (Å²) in [6, 6.07) is 18.1. The van der Waals surface area contributed by atoms with Crippen LogP contribution in [0.5, 0.6) is 0 Å². The maximum Gasteiger partial charge on any atom is 0.230 e. The van der Waals surface area contributed by atoms with Gasteiger partial charge in [-0.05, 0) is 43.7 Å². The summed E-state index contributed by atoms with van der Waals surface area (Å²) in [7, 11) is 0. The molecule has 5 nitrogen and oxygen atoms in total. The zero-order valence-corrected chi connectivity index (χ0v) is 19.0. The van der Waals surface area contributed by atoms with Crippen molar-refractivity contribution >= 4 is 49.6 Å². The van der Waals surface area contributed by atoms with Crippen molar-refractivity contribution in [2.24, 2.45) is 0 Å². The highest BCUT2D eigenvalue weighted by molar-refractivity contribution is 7.18. The number of amides is 1. The van der Waals surface area contributed by atoms with Gasteiger partial charge in [0.25, 0.3) is 0 Å². The van der Waals surface area contributed by atoms with Gasteiger partial charge < -0.3 is 0 Å². The van der Waals surface area contributed by atoms with Crippen molar-refractivity contribution in [3.8, 4) is 0 Å². The molecule has 2 aromatic heterocycles. The lowest BCUT2D eigenvalue weighted by Crippen LogP contribution is -2.34. The number of nitrogens with zero attached hydrogens (tertiary/aromatic N) is 4. The van der Waals surface area contributed by atoms with Crippen LogP contribution in [0.1, 0.15) is 36.4 Å². The molecular formula is C24H24N4OS2. The van der Waals surface area contributed by atoms with Crippen molar-refractivity contribution < 1.29 is 4.79 Å². The van der Waals surface area contributed by atoms with Gasteiger partial charge in [0.15, 0.2) is 5.13 Å². The van der Waals surface area contributed by atoms with Gasteiger partial charge in [-0.15, -0.1) is 22.7 Å². The Morgan fingerprint density at radius 2 is 1.94 bits per heavy atom. The van der Waals surface area contributed by atoms with Gasteiger partial charge in [0, 0.05) is 31.3 Å². The number of rotatable bonds is 5. The summed E-state index contributed by atoms with van der Waals surface area (Å²) >= 11 is 3.35. The Kier molecular flexibility index (Phi) is 5.80. The van der Waals surface area contributed by atoms with Crippen molar-refractivity contribution in [1.82, 2.24) is 14.9 Å². The molecule has 0 unspecified atom stereocenters. The highest BCUT2D eigenvalue weighted by Gasteiger charge is 2.25. The minimum atomic E-state index is -0.0269. The number of piperidine rings is 1. The van der Waals surface area contributed by atoms with E-state index >= 15 is 0 Å². The second-order valence-electron chi connectivity index (χ2n) is 7.91. The van der Waals surface area contributed by atoms with Crippen LogP contribution in [0.4, 0.5) is 10.8 Å². The minimum absolute atomic E-state index is 0.0269. The molecule has 1 aliphatic heterocycles. The third kappa shape index (κ3) is 4.39. The maximum atomic E-state index is 12.3. The molecule has 4 aromatic rings. The molecule has 1 atom stereocenters. The summed E-state index contributed by atoms with van der Waals surface area (Å²) in [5.74, 6) is 0.447. The number of anilines is 2. The Morgan fingerprint density at radius 1 is 1.13 bits per heavy atom. The number of thiazole rings is 2. The molecule has 0 bridgehead atoms. The highest BCUT2D eigenvalue weighted by Crippen LogP contribution is 2.34. The first-order valence-corrected chi connectivity index (χ1v) is 12.2. The van der Waals surface area contributed by atoms with Gasteiger partial charge >= 0.3 is 0 Å². The molecule has 158 valence electrons. The van der Waals surface area contributed by atoms with E-state index < -0.39 is 0 Å². The van der Waals surface area contributed by atoms with Gasteiger partial charge in [-0.3, -0.25) is 14.6 Å². The summed E-state index contributed by atoms with van der Waals surface area (Å²) in [6.07, 6.45) is 2.35. The van der Waals surface area contributed by atoms with Crippen LogP contribution in [-0.4, -0.2) is 33.9 Å². The Hall–Kier alpha value is -2.61. The Labute approximate surface area is 190 Å². The third-order valence-electron chi connectivity index (χ3n) is 5.61. The maximum absolute atomic E-state index is 12.3. The van der Waals surface area contributed by atoms with E-state index in [1.165, 1.54) is 33.9 Å². The van der Waals surface area contributed by atoms with Crippen LogP contribution in [-0.2, 0) is 11.3 Å². The van der Waals surface area contributed by atoms with E-state index in [9.17, 15) is 4.79 Å². The van der Waals surface area contributed by atoms with Crippen molar-refractivity contribution in [2.75, 3.05) is 18.0 Å². The summed E-state index contributed by atoms with van der Waals surface area (Å²) < 4.78 is 1.27. The number of likely N-dealkylation sites (tertiary alicyclic amines) is 1. The lowest BCUT2D eigenvalue weighted by molar-refractivity contribution is -0.115. The van der Waals surface area contributed by atoms with Gasteiger partial charge in [-0.1, -0.05) is 30.3 Å².